The standard InChI is InChI=1S/C19H20ClN3O2/c1-12(18-21-16-7-5-4-6-15(16)19(24)22-18)23(2)11-13-10-14(20)8-9-17(13)25-3/h4-10,12H,11H2,1-3H3,(H,21,22,24)/t12-/m1/s1. The lowest BCUT2D eigenvalue weighted by Gasteiger charge is -2.25. The zero-order chi connectivity index (χ0) is 18.0. The summed E-state index contributed by atoms with van der Waals surface area (Å²) in [5, 5.41) is 1.26. The van der Waals surface area contributed by atoms with Gasteiger partial charge in [0.2, 0.25) is 0 Å². The Morgan fingerprint density at radius 3 is 2.80 bits per heavy atom. The minimum atomic E-state index is -0.124. The molecule has 3 aromatic rings. The maximum Gasteiger partial charge on any atom is 0.258 e. The zero-order valence-electron chi connectivity index (χ0n) is 14.4. The van der Waals surface area contributed by atoms with Crippen molar-refractivity contribution in [2.24, 2.45) is 0 Å². The molecule has 2 aromatic carbocycles. The molecular formula is C19H20ClN3O2. The molecule has 0 unspecified atom stereocenters. The number of rotatable bonds is 5. The molecule has 0 radical (unpaired) electrons. The number of aromatic nitrogens is 2. The van der Waals surface area contributed by atoms with Gasteiger partial charge in [-0.3, -0.25) is 9.69 Å². The van der Waals surface area contributed by atoms with Crippen LogP contribution in [0.3, 0.4) is 0 Å². The molecule has 0 saturated heterocycles. The summed E-state index contributed by atoms with van der Waals surface area (Å²) >= 11 is 6.11. The third-order valence-electron chi connectivity index (χ3n) is 4.35. The molecule has 0 bridgehead atoms. The lowest BCUT2D eigenvalue weighted by molar-refractivity contribution is 0.240. The number of nitrogens with zero attached hydrogens (tertiary/aromatic N) is 2. The van der Waals surface area contributed by atoms with Crippen molar-refractivity contribution in [3.05, 3.63) is 69.2 Å². The van der Waals surface area contributed by atoms with Crippen LogP contribution in [0.5, 0.6) is 5.75 Å². The van der Waals surface area contributed by atoms with E-state index in [0.29, 0.717) is 28.3 Å². The van der Waals surface area contributed by atoms with E-state index in [0.717, 1.165) is 11.3 Å². The van der Waals surface area contributed by atoms with E-state index >= 15 is 0 Å². The van der Waals surface area contributed by atoms with Gasteiger partial charge >= 0.3 is 0 Å². The summed E-state index contributed by atoms with van der Waals surface area (Å²) in [7, 11) is 3.61. The van der Waals surface area contributed by atoms with Gasteiger partial charge in [0.25, 0.3) is 5.56 Å². The number of benzene rings is 2. The van der Waals surface area contributed by atoms with Crippen LogP contribution >= 0.6 is 11.6 Å². The average molecular weight is 358 g/mol. The molecule has 5 nitrogen and oxygen atoms in total. The van der Waals surface area contributed by atoms with Crippen molar-refractivity contribution >= 4 is 22.5 Å². The maximum atomic E-state index is 12.3. The molecule has 1 heterocycles. The van der Waals surface area contributed by atoms with Crippen LogP contribution in [0.4, 0.5) is 0 Å². The van der Waals surface area contributed by atoms with Crippen LogP contribution in [-0.2, 0) is 6.54 Å². The van der Waals surface area contributed by atoms with Crippen LogP contribution in [0, 0.1) is 0 Å². The Hall–Kier alpha value is -2.37. The van der Waals surface area contributed by atoms with E-state index < -0.39 is 0 Å². The number of hydrogen-bond donors (Lipinski definition) is 1. The molecular weight excluding hydrogens is 338 g/mol. The maximum absolute atomic E-state index is 12.3. The molecule has 0 amide bonds. The Morgan fingerprint density at radius 1 is 1.28 bits per heavy atom. The van der Waals surface area contributed by atoms with Crippen LogP contribution in [0.1, 0.15) is 24.4 Å². The van der Waals surface area contributed by atoms with Crippen molar-refractivity contribution in [1.29, 1.82) is 0 Å². The van der Waals surface area contributed by atoms with Crippen molar-refractivity contribution in [2.75, 3.05) is 14.2 Å². The normalized spacial score (nSPS) is 12.5. The monoisotopic (exact) mass is 357 g/mol. The number of nitrogens with one attached hydrogen (secondary N) is 1. The summed E-state index contributed by atoms with van der Waals surface area (Å²) in [6.45, 7) is 2.62. The Balaban J connectivity index is 1.89. The second-order valence-electron chi connectivity index (χ2n) is 6.02. The van der Waals surface area contributed by atoms with Crippen LogP contribution < -0.4 is 10.3 Å². The third kappa shape index (κ3) is 3.67. The molecule has 0 spiro atoms. The first-order chi connectivity index (χ1) is 12.0. The minimum Gasteiger partial charge on any atom is -0.496 e. The second-order valence-corrected chi connectivity index (χ2v) is 6.45. The Kier molecular flexibility index (Phi) is 5.06. The van der Waals surface area contributed by atoms with Gasteiger partial charge in [-0.05, 0) is 44.3 Å². The predicted molar refractivity (Wildman–Crippen MR) is 100 cm³/mol. The number of aromatic amines is 1. The lowest BCUT2D eigenvalue weighted by atomic mass is 10.1. The molecule has 6 heteroatoms. The summed E-state index contributed by atoms with van der Waals surface area (Å²) < 4.78 is 5.40. The van der Waals surface area contributed by atoms with Crippen molar-refractivity contribution in [2.45, 2.75) is 19.5 Å². The van der Waals surface area contributed by atoms with Crippen molar-refractivity contribution < 1.29 is 4.74 Å². The minimum absolute atomic E-state index is 0.0824. The highest BCUT2D eigenvalue weighted by Crippen LogP contribution is 2.26. The molecule has 1 atom stereocenters. The molecule has 1 aromatic heterocycles. The summed E-state index contributed by atoms with van der Waals surface area (Å²) in [5.74, 6) is 1.41. The molecule has 0 aliphatic heterocycles. The summed E-state index contributed by atoms with van der Waals surface area (Å²) in [5.41, 5.74) is 1.55. The van der Waals surface area contributed by atoms with E-state index in [1.54, 1.807) is 19.2 Å². The van der Waals surface area contributed by atoms with Gasteiger partial charge in [-0.25, -0.2) is 4.98 Å². The van der Waals surface area contributed by atoms with E-state index in [2.05, 4.69) is 14.9 Å². The van der Waals surface area contributed by atoms with Crippen LogP contribution in [0.2, 0.25) is 5.02 Å². The van der Waals surface area contributed by atoms with Gasteiger partial charge in [-0.15, -0.1) is 0 Å². The van der Waals surface area contributed by atoms with E-state index in [-0.39, 0.29) is 11.6 Å². The van der Waals surface area contributed by atoms with E-state index in [1.807, 2.05) is 44.3 Å². The van der Waals surface area contributed by atoms with Crippen LogP contribution in [0.25, 0.3) is 10.9 Å². The number of fused-ring (bicyclic) bond motifs is 1. The molecule has 25 heavy (non-hydrogen) atoms. The number of halogens is 1. The largest absolute Gasteiger partial charge is 0.496 e. The van der Waals surface area contributed by atoms with Gasteiger partial charge in [0.15, 0.2) is 0 Å². The fraction of sp³-hybridized carbons (Fsp3) is 0.263. The lowest BCUT2D eigenvalue weighted by Crippen LogP contribution is -2.26. The van der Waals surface area contributed by atoms with Crippen molar-refractivity contribution in [3.63, 3.8) is 0 Å². The average Bonchev–Trinajstić information content (AvgIpc) is 2.61. The molecule has 0 saturated carbocycles. The van der Waals surface area contributed by atoms with Crippen molar-refractivity contribution in [1.82, 2.24) is 14.9 Å². The first kappa shape index (κ1) is 17.5. The van der Waals surface area contributed by atoms with Gasteiger partial charge in [0.1, 0.15) is 11.6 Å². The van der Waals surface area contributed by atoms with Gasteiger partial charge in [0, 0.05) is 17.1 Å². The van der Waals surface area contributed by atoms with E-state index in [1.165, 1.54) is 0 Å². The fourth-order valence-corrected chi connectivity index (χ4v) is 2.98. The highest BCUT2D eigenvalue weighted by Gasteiger charge is 2.17. The van der Waals surface area contributed by atoms with E-state index in [4.69, 9.17) is 16.3 Å². The van der Waals surface area contributed by atoms with Gasteiger partial charge < -0.3 is 9.72 Å². The van der Waals surface area contributed by atoms with Gasteiger partial charge in [-0.2, -0.15) is 0 Å². The summed E-state index contributed by atoms with van der Waals surface area (Å²) in [6.07, 6.45) is 0. The zero-order valence-corrected chi connectivity index (χ0v) is 15.2. The van der Waals surface area contributed by atoms with E-state index in [9.17, 15) is 4.79 Å². The number of hydrogen-bond acceptors (Lipinski definition) is 4. The van der Waals surface area contributed by atoms with Gasteiger partial charge in [0.05, 0.1) is 24.1 Å². The molecule has 3 rings (SSSR count). The fourth-order valence-electron chi connectivity index (χ4n) is 2.79. The molecule has 0 aliphatic rings. The number of para-hydroxylation sites is 1. The topological polar surface area (TPSA) is 58.2 Å². The number of ether oxygens (including phenoxy) is 1. The molecule has 1 N–H and O–H groups in total. The highest BCUT2D eigenvalue weighted by atomic mass is 35.5. The van der Waals surface area contributed by atoms with Crippen LogP contribution in [-0.4, -0.2) is 29.0 Å². The highest BCUT2D eigenvalue weighted by molar-refractivity contribution is 6.30. The predicted octanol–water partition coefficient (Wildman–Crippen LogP) is 3.78. The smallest absolute Gasteiger partial charge is 0.258 e. The molecule has 0 fully saturated rings. The van der Waals surface area contributed by atoms with Gasteiger partial charge in [-0.1, -0.05) is 23.7 Å². The molecule has 0 aliphatic carbocycles. The Bertz CT molecular complexity index is 955. The van der Waals surface area contributed by atoms with Crippen molar-refractivity contribution in [3.8, 4) is 5.75 Å². The first-order valence-electron chi connectivity index (χ1n) is 8.01. The molecule has 130 valence electrons. The second kappa shape index (κ2) is 7.25. The summed E-state index contributed by atoms with van der Waals surface area (Å²) in [4.78, 5) is 21.9. The Labute approximate surface area is 151 Å². The van der Waals surface area contributed by atoms with Crippen LogP contribution in [0.15, 0.2) is 47.3 Å². The SMILES string of the molecule is COc1ccc(Cl)cc1CN(C)[C@H](C)c1nc2ccccc2c(=O)[nH]1. The number of methoxy groups -OCH3 is 1. The number of H-pyrrole nitrogens is 1. The first-order valence-corrected chi connectivity index (χ1v) is 8.39. The third-order valence-corrected chi connectivity index (χ3v) is 4.59. The summed E-state index contributed by atoms with van der Waals surface area (Å²) in [6, 6.07) is 12.8. The Morgan fingerprint density at radius 2 is 2.04 bits per heavy atom. The quantitative estimate of drug-likeness (QED) is 0.755.